The van der Waals surface area contributed by atoms with Crippen LogP contribution in [0.2, 0.25) is 0 Å². The molecule has 20 heavy (non-hydrogen) atoms. The fourth-order valence-electron chi connectivity index (χ4n) is 3.84. The summed E-state index contributed by atoms with van der Waals surface area (Å²) < 4.78 is 13.5. The Balaban J connectivity index is 1.84. The van der Waals surface area contributed by atoms with Gasteiger partial charge in [-0.15, -0.1) is 0 Å². The van der Waals surface area contributed by atoms with Crippen molar-refractivity contribution in [1.82, 2.24) is 10.2 Å². The lowest BCUT2D eigenvalue weighted by Crippen LogP contribution is -2.62. The standard InChI is InChI=1S/C17H25FN2/c1-13-5-6-16(18)9-15(13)11-20-10-14(2)19-12-17(20)7-3-4-8-17/h5-6,9,14,19H,3-4,7-8,10-12H2,1-2H3. The van der Waals surface area contributed by atoms with Crippen molar-refractivity contribution in [2.24, 2.45) is 0 Å². The van der Waals surface area contributed by atoms with Crippen molar-refractivity contribution < 1.29 is 4.39 Å². The molecule has 1 spiro atoms. The highest BCUT2D eigenvalue weighted by Gasteiger charge is 2.42. The van der Waals surface area contributed by atoms with Gasteiger partial charge in [-0.2, -0.15) is 0 Å². The minimum absolute atomic E-state index is 0.116. The summed E-state index contributed by atoms with van der Waals surface area (Å²) in [6, 6.07) is 5.70. The van der Waals surface area contributed by atoms with Gasteiger partial charge in [0, 0.05) is 31.2 Å². The van der Waals surface area contributed by atoms with Crippen molar-refractivity contribution >= 4 is 0 Å². The van der Waals surface area contributed by atoms with Gasteiger partial charge in [0.15, 0.2) is 0 Å². The van der Waals surface area contributed by atoms with Gasteiger partial charge in [0.05, 0.1) is 0 Å². The van der Waals surface area contributed by atoms with Gasteiger partial charge in [0.25, 0.3) is 0 Å². The van der Waals surface area contributed by atoms with E-state index in [-0.39, 0.29) is 5.82 Å². The van der Waals surface area contributed by atoms with E-state index in [4.69, 9.17) is 0 Å². The van der Waals surface area contributed by atoms with Crippen LogP contribution in [0.5, 0.6) is 0 Å². The first-order valence-electron chi connectivity index (χ1n) is 7.83. The van der Waals surface area contributed by atoms with Crippen LogP contribution >= 0.6 is 0 Å². The molecule has 0 radical (unpaired) electrons. The third-order valence-corrected chi connectivity index (χ3v) is 5.15. The first-order valence-corrected chi connectivity index (χ1v) is 7.83. The first kappa shape index (κ1) is 14.0. The van der Waals surface area contributed by atoms with Gasteiger partial charge in [-0.3, -0.25) is 4.90 Å². The van der Waals surface area contributed by atoms with Crippen LogP contribution in [0.1, 0.15) is 43.7 Å². The number of nitrogens with zero attached hydrogens (tertiary/aromatic N) is 1. The number of hydrogen-bond donors (Lipinski definition) is 1. The SMILES string of the molecule is Cc1ccc(F)cc1CN1CC(C)NCC12CCCC2. The van der Waals surface area contributed by atoms with Crippen LogP contribution in [0, 0.1) is 12.7 Å². The number of aryl methyl sites for hydroxylation is 1. The van der Waals surface area contributed by atoms with Crippen LogP contribution in [-0.4, -0.2) is 29.6 Å². The summed E-state index contributed by atoms with van der Waals surface area (Å²) in [6.07, 6.45) is 5.21. The molecule has 1 unspecified atom stereocenters. The molecule has 1 aromatic rings. The average molecular weight is 276 g/mol. The second-order valence-corrected chi connectivity index (χ2v) is 6.66. The molecule has 0 bridgehead atoms. The number of halogens is 1. The minimum Gasteiger partial charge on any atom is -0.311 e. The lowest BCUT2D eigenvalue weighted by molar-refractivity contribution is 0.0390. The summed E-state index contributed by atoms with van der Waals surface area (Å²) in [7, 11) is 0. The smallest absolute Gasteiger partial charge is 0.123 e. The van der Waals surface area contributed by atoms with Crippen molar-refractivity contribution in [3.63, 3.8) is 0 Å². The van der Waals surface area contributed by atoms with Gasteiger partial charge >= 0.3 is 0 Å². The van der Waals surface area contributed by atoms with Crippen molar-refractivity contribution in [1.29, 1.82) is 0 Å². The number of piperazine rings is 1. The largest absolute Gasteiger partial charge is 0.311 e. The quantitative estimate of drug-likeness (QED) is 0.892. The van der Waals surface area contributed by atoms with Gasteiger partial charge in [-0.05, 0) is 49.9 Å². The zero-order chi connectivity index (χ0) is 14.2. The van der Waals surface area contributed by atoms with Gasteiger partial charge in [0.2, 0.25) is 0 Å². The molecule has 1 aliphatic heterocycles. The fourth-order valence-corrected chi connectivity index (χ4v) is 3.84. The predicted molar refractivity (Wildman–Crippen MR) is 80.2 cm³/mol. The summed E-state index contributed by atoms with van der Waals surface area (Å²) in [4.78, 5) is 2.61. The maximum Gasteiger partial charge on any atom is 0.123 e. The van der Waals surface area contributed by atoms with Crippen molar-refractivity contribution in [2.75, 3.05) is 13.1 Å². The average Bonchev–Trinajstić information content (AvgIpc) is 2.88. The molecule has 1 saturated carbocycles. The normalized spacial score (nSPS) is 26.2. The van der Waals surface area contributed by atoms with Crippen molar-refractivity contribution in [3.8, 4) is 0 Å². The molecule has 3 heteroatoms. The molecule has 2 aliphatic rings. The molecule has 0 aromatic heterocycles. The van der Waals surface area contributed by atoms with Crippen molar-refractivity contribution in [3.05, 3.63) is 35.1 Å². The number of benzene rings is 1. The summed E-state index contributed by atoms with van der Waals surface area (Å²) >= 11 is 0. The third-order valence-electron chi connectivity index (χ3n) is 5.15. The maximum absolute atomic E-state index is 13.5. The zero-order valence-corrected chi connectivity index (χ0v) is 12.6. The molecular formula is C17H25FN2. The Morgan fingerprint density at radius 3 is 2.85 bits per heavy atom. The van der Waals surface area contributed by atoms with Crippen LogP contribution in [0.4, 0.5) is 4.39 Å². The van der Waals surface area contributed by atoms with Crippen LogP contribution in [0.15, 0.2) is 18.2 Å². The molecule has 1 saturated heterocycles. The van der Waals surface area contributed by atoms with Gasteiger partial charge in [0.1, 0.15) is 5.82 Å². The molecule has 1 heterocycles. The highest BCUT2D eigenvalue weighted by atomic mass is 19.1. The molecule has 1 aliphatic carbocycles. The number of hydrogen-bond acceptors (Lipinski definition) is 2. The Kier molecular flexibility index (Phi) is 3.83. The molecule has 1 atom stereocenters. The molecule has 0 amide bonds. The number of nitrogens with one attached hydrogen (secondary N) is 1. The topological polar surface area (TPSA) is 15.3 Å². The Morgan fingerprint density at radius 2 is 2.10 bits per heavy atom. The second kappa shape index (κ2) is 5.45. The molecule has 1 aromatic carbocycles. The van der Waals surface area contributed by atoms with Crippen LogP contribution < -0.4 is 5.32 Å². The molecular weight excluding hydrogens is 251 g/mol. The van der Waals surface area contributed by atoms with E-state index >= 15 is 0 Å². The van der Waals surface area contributed by atoms with E-state index < -0.39 is 0 Å². The number of rotatable bonds is 2. The molecule has 3 rings (SSSR count). The summed E-state index contributed by atoms with van der Waals surface area (Å²) in [5.41, 5.74) is 2.65. The van der Waals surface area contributed by atoms with E-state index in [2.05, 4.69) is 24.1 Å². The molecule has 2 nitrogen and oxygen atoms in total. The third kappa shape index (κ3) is 2.61. The zero-order valence-electron chi connectivity index (χ0n) is 12.6. The molecule has 2 fully saturated rings. The summed E-state index contributed by atoms with van der Waals surface area (Å²) in [5, 5.41) is 3.64. The first-order chi connectivity index (χ1) is 9.59. The summed E-state index contributed by atoms with van der Waals surface area (Å²) in [5.74, 6) is -0.116. The lowest BCUT2D eigenvalue weighted by Gasteiger charge is -2.48. The van der Waals surface area contributed by atoms with E-state index in [1.165, 1.54) is 31.2 Å². The van der Waals surface area contributed by atoms with E-state index in [0.29, 0.717) is 11.6 Å². The van der Waals surface area contributed by atoms with E-state index in [9.17, 15) is 4.39 Å². The van der Waals surface area contributed by atoms with E-state index in [1.54, 1.807) is 12.1 Å². The van der Waals surface area contributed by atoms with E-state index in [1.807, 2.05) is 6.07 Å². The summed E-state index contributed by atoms with van der Waals surface area (Å²) in [6.45, 7) is 7.36. The van der Waals surface area contributed by atoms with Crippen molar-refractivity contribution in [2.45, 2.75) is 57.7 Å². The van der Waals surface area contributed by atoms with Gasteiger partial charge in [-0.1, -0.05) is 18.9 Å². The van der Waals surface area contributed by atoms with Crippen LogP contribution in [0.3, 0.4) is 0 Å². The highest BCUT2D eigenvalue weighted by Crippen LogP contribution is 2.38. The van der Waals surface area contributed by atoms with Gasteiger partial charge in [-0.25, -0.2) is 4.39 Å². The minimum atomic E-state index is -0.116. The van der Waals surface area contributed by atoms with Crippen LogP contribution in [0.25, 0.3) is 0 Å². The van der Waals surface area contributed by atoms with Crippen LogP contribution in [-0.2, 0) is 6.54 Å². The molecule has 1 N–H and O–H groups in total. The van der Waals surface area contributed by atoms with E-state index in [0.717, 1.165) is 25.2 Å². The predicted octanol–water partition coefficient (Wildman–Crippen LogP) is 3.24. The van der Waals surface area contributed by atoms with Gasteiger partial charge < -0.3 is 5.32 Å². The Morgan fingerprint density at radius 1 is 1.35 bits per heavy atom. The Labute approximate surface area is 121 Å². The second-order valence-electron chi connectivity index (χ2n) is 6.66. The Hall–Kier alpha value is -0.930. The highest BCUT2D eigenvalue weighted by molar-refractivity contribution is 5.27. The molecule has 110 valence electrons. The fraction of sp³-hybridized carbons (Fsp3) is 0.647. The Bertz CT molecular complexity index is 480. The lowest BCUT2D eigenvalue weighted by atomic mass is 9.90. The monoisotopic (exact) mass is 276 g/mol. The maximum atomic E-state index is 13.5.